The van der Waals surface area contributed by atoms with E-state index in [4.69, 9.17) is 0 Å². The first-order valence-electron chi connectivity index (χ1n) is 4.12. The van der Waals surface area contributed by atoms with E-state index in [0.717, 1.165) is 12.1 Å². The molecule has 1 N–H and O–H groups in total. The number of carbonyl (C=O) groups is 1. The molecule has 0 saturated carbocycles. The zero-order valence-electron chi connectivity index (χ0n) is 7.74. The number of nitrogens with one attached hydrogen (secondary N) is 1. The third-order valence-corrected chi connectivity index (χ3v) is 2.11. The lowest BCUT2D eigenvalue weighted by Crippen LogP contribution is -2.30. The van der Waals surface area contributed by atoms with Crippen molar-refractivity contribution in [2.45, 2.75) is 6.43 Å². The van der Waals surface area contributed by atoms with Crippen LogP contribution < -0.4 is 5.32 Å². The molecule has 0 saturated heterocycles. The van der Waals surface area contributed by atoms with Gasteiger partial charge in [0.15, 0.2) is 0 Å². The van der Waals surface area contributed by atoms with E-state index in [2.05, 4.69) is 15.9 Å². The van der Waals surface area contributed by atoms with Crippen LogP contribution in [-0.2, 0) is 0 Å². The largest absolute Gasteiger partial charge is 0.346 e. The molecule has 16 heavy (non-hydrogen) atoms. The van der Waals surface area contributed by atoms with E-state index in [0.29, 0.717) is 0 Å². The topological polar surface area (TPSA) is 29.1 Å². The summed E-state index contributed by atoms with van der Waals surface area (Å²) in [5.41, 5.74) is -0.871. The van der Waals surface area contributed by atoms with Gasteiger partial charge >= 0.3 is 0 Å². The highest BCUT2D eigenvalue weighted by molar-refractivity contribution is 9.10. The van der Waals surface area contributed by atoms with Crippen LogP contribution in [0.15, 0.2) is 16.6 Å². The van der Waals surface area contributed by atoms with Crippen molar-refractivity contribution in [2.75, 3.05) is 6.54 Å². The Kier molecular flexibility index (Phi) is 4.28. The van der Waals surface area contributed by atoms with Gasteiger partial charge in [-0.15, -0.1) is 0 Å². The molecule has 0 spiro atoms. The van der Waals surface area contributed by atoms with Gasteiger partial charge in [-0.1, -0.05) is 15.9 Å². The standard InChI is InChI=1S/C9H6BrF4NO/c10-4-1-5(11)8(6(12)2-4)9(16)15-3-7(13)14/h1-2,7H,3H2,(H,15,16). The van der Waals surface area contributed by atoms with Crippen molar-refractivity contribution in [3.05, 3.63) is 33.8 Å². The maximum Gasteiger partial charge on any atom is 0.257 e. The third kappa shape index (κ3) is 3.19. The van der Waals surface area contributed by atoms with Crippen LogP contribution in [-0.4, -0.2) is 18.9 Å². The minimum atomic E-state index is -2.77. The zero-order chi connectivity index (χ0) is 12.3. The smallest absolute Gasteiger partial charge is 0.257 e. The van der Waals surface area contributed by atoms with Crippen molar-refractivity contribution >= 4 is 21.8 Å². The van der Waals surface area contributed by atoms with E-state index < -0.39 is 36.1 Å². The molecular formula is C9H6BrF4NO. The summed E-state index contributed by atoms with van der Waals surface area (Å²) in [5.74, 6) is -3.43. The highest BCUT2D eigenvalue weighted by Crippen LogP contribution is 2.19. The lowest BCUT2D eigenvalue weighted by molar-refractivity contribution is 0.0883. The van der Waals surface area contributed by atoms with Gasteiger partial charge in [-0.25, -0.2) is 17.6 Å². The second-order valence-electron chi connectivity index (χ2n) is 2.85. The Morgan fingerprint density at radius 3 is 2.25 bits per heavy atom. The minimum Gasteiger partial charge on any atom is -0.346 e. The molecule has 0 aliphatic carbocycles. The van der Waals surface area contributed by atoms with Gasteiger partial charge in [0.25, 0.3) is 12.3 Å². The van der Waals surface area contributed by atoms with Crippen molar-refractivity contribution < 1.29 is 22.4 Å². The van der Waals surface area contributed by atoms with Gasteiger partial charge < -0.3 is 5.32 Å². The first-order chi connectivity index (χ1) is 7.41. The van der Waals surface area contributed by atoms with Crippen LogP contribution in [0.25, 0.3) is 0 Å². The number of rotatable bonds is 3. The lowest BCUT2D eigenvalue weighted by Gasteiger charge is -2.06. The Labute approximate surface area is 96.8 Å². The highest BCUT2D eigenvalue weighted by Gasteiger charge is 2.18. The van der Waals surface area contributed by atoms with Crippen LogP contribution in [0.3, 0.4) is 0 Å². The molecule has 0 unspecified atom stereocenters. The second kappa shape index (κ2) is 5.29. The fourth-order valence-corrected chi connectivity index (χ4v) is 1.42. The van der Waals surface area contributed by atoms with E-state index in [9.17, 15) is 22.4 Å². The van der Waals surface area contributed by atoms with E-state index in [1.165, 1.54) is 0 Å². The summed E-state index contributed by atoms with van der Waals surface area (Å²) in [5, 5.41) is 1.72. The molecule has 0 aliphatic rings. The van der Waals surface area contributed by atoms with Crippen LogP contribution in [0.5, 0.6) is 0 Å². The van der Waals surface area contributed by atoms with Gasteiger partial charge in [0, 0.05) is 4.47 Å². The molecular weight excluding hydrogens is 294 g/mol. The number of amides is 1. The summed E-state index contributed by atoms with van der Waals surface area (Å²) < 4.78 is 50.0. The Balaban J connectivity index is 2.91. The maximum absolute atomic E-state index is 13.2. The van der Waals surface area contributed by atoms with Crippen molar-refractivity contribution in [2.24, 2.45) is 0 Å². The van der Waals surface area contributed by atoms with Crippen molar-refractivity contribution in [3.63, 3.8) is 0 Å². The van der Waals surface area contributed by atoms with E-state index in [-0.39, 0.29) is 4.47 Å². The molecule has 1 aromatic carbocycles. The third-order valence-electron chi connectivity index (χ3n) is 1.65. The Bertz CT molecular complexity index is 387. The summed E-state index contributed by atoms with van der Waals surface area (Å²) in [6, 6.07) is 1.75. The number of carbonyl (C=O) groups excluding carboxylic acids is 1. The average molecular weight is 300 g/mol. The maximum atomic E-state index is 13.2. The number of benzene rings is 1. The highest BCUT2D eigenvalue weighted by atomic mass is 79.9. The van der Waals surface area contributed by atoms with Crippen LogP contribution >= 0.6 is 15.9 Å². The normalized spacial score (nSPS) is 10.6. The van der Waals surface area contributed by atoms with Crippen molar-refractivity contribution in [1.82, 2.24) is 5.32 Å². The Morgan fingerprint density at radius 2 is 1.81 bits per heavy atom. The molecule has 1 amide bonds. The fourth-order valence-electron chi connectivity index (χ4n) is 1.02. The molecule has 0 bridgehead atoms. The van der Waals surface area contributed by atoms with Gasteiger partial charge in [0.05, 0.1) is 6.54 Å². The van der Waals surface area contributed by atoms with Crippen LogP contribution in [0.4, 0.5) is 17.6 Å². The number of halogens is 5. The molecule has 7 heteroatoms. The Morgan fingerprint density at radius 1 is 1.31 bits per heavy atom. The molecule has 88 valence electrons. The van der Waals surface area contributed by atoms with Crippen LogP contribution in [0.1, 0.15) is 10.4 Å². The summed E-state index contributed by atoms with van der Waals surface area (Å²) in [6.45, 7) is -0.951. The summed E-state index contributed by atoms with van der Waals surface area (Å²) in [7, 11) is 0. The SMILES string of the molecule is O=C(NCC(F)F)c1c(F)cc(Br)cc1F. The summed E-state index contributed by atoms with van der Waals surface area (Å²) in [6.07, 6.45) is -2.77. The molecule has 0 aliphatic heterocycles. The predicted octanol–water partition coefficient (Wildman–Crippen LogP) is 2.72. The van der Waals surface area contributed by atoms with Crippen LogP contribution in [0.2, 0.25) is 0 Å². The van der Waals surface area contributed by atoms with Crippen molar-refractivity contribution in [3.8, 4) is 0 Å². The molecule has 0 fully saturated rings. The van der Waals surface area contributed by atoms with Crippen molar-refractivity contribution in [1.29, 1.82) is 0 Å². The molecule has 0 heterocycles. The minimum absolute atomic E-state index is 0.118. The second-order valence-corrected chi connectivity index (χ2v) is 3.76. The summed E-state index contributed by atoms with van der Waals surface area (Å²) >= 11 is 2.83. The van der Waals surface area contributed by atoms with E-state index >= 15 is 0 Å². The number of alkyl halides is 2. The van der Waals surface area contributed by atoms with Gasteiger partial charge in [-0.3, -0.25) is 4.79 Å². The summed E-state index contributed by atoms with van der Waals surface area (Å²) in [4.78, 5) is 11.2. The van der Waals surface area contributed by atoms with Gasteiger partial charge in [-0.05, 0) is 12.1 Å². The number of hydrogen-bond donors (Lipinski definition) is 1. The number of hydrogen-bond acceptors (Lipinski definition) is 1. The molecule has 2 nitrogen and oxygen atoms in total. The monoisotopic (exact) mass is 299 g/mol. The molecule has 1 rings (SSSR count). The Hall–Kier alpha value is -1.11. The molecule has 1 aromatic rings. The zero-order valence-corrected chi connectivity index (χ0v) is 9.32. The first kappa shape index (κ1) is 13.0. The quantitative estimate of drug-likeness (QED) is 0.854. The van der Waals surface area contributed by atoms with E-state index in [1.54, 1.807) is 5.32 Å². The average Bonchev–Trinajstić information content (AvgIpc) is 2.12. The van der Waals surface area contributed by atoms with Gasteiger partial charge in [0.1, 0.15) is 17.2 Å². The molecule has 0 atom stereocenters. The van der Waals surface area contributed by atoms with Crippen LogP contribution in [0, 0.1) is 11.6 Å². The predicted molar refractivity (Wildman–Crippen MR) is 52.4 cm³/mol. The lowest BCUT2D eigenvalue weighted by atomic mass is 10.2. The van der Waals surface area contributed by atoms with Gasteiger partial charge in [0.2, 0.25) is 0 Å². The fraction of sp³-hybridized carbons (Fsp3) is 0.222. The molecule has 0 aromatic heterocycles. The van der Waals surface area contributed by atoms with Gasteiger partial charge in [-0.2, -0.15) is 0 Å². The molecule has 0 radical (unpaired) electrons. The van der Waals surface area contributed by atoms with E-state index in [1.807, 2.05) is 0 Å². The first-order valence-corrected chi connectivity index (χ1v) is 4.92.